The molecule has 1 saturated carbocycles. The largest absolute Gasteiger partial charge is 0.469 e. The lowest BCUT2D eigenvalue weighted by atomic mass is 10.1. The van der Waals surface area contributed by atoms with Gasteiger partial charge in [-0.15, -0.1) is 0 Å². The van der Waals surface area contributed by atoms with Crippen LogP contribution in [0.3, 0.4) is 0 Å². The van der Waals surface area contributed by atoms with E-state index in [2.05, 4.69) is 20.0 Å². The zero-order valence-corrected chi connectivity index (χ0v) is 25.6. The number of alkyl halides is 2. The molecule has 0 spiro atoms. The van der Waals surface area contributed by atoms with Crippen molar-refractivity contribution in [2.45, 2.75) is 72.3 Å². The number of pyridine rings is 1. The van der Waals surface area contributed by atoms with E-state index >= 15 is 0 Å². The number of halogens is 2. The Bertz CT molecular complexity index is 1070. The van der Waals surface area contributed by atoms with E-state index < -0.39 is 5.92 Å². The minimum Gasteiger partial charge on any atom is -0.469 e. The van der Waals surface area contributed by atoms with Crippen molar-refractivity contribution in [2.24, 2.45) is 17.5 Å². The van der Waals surface area contributed by atoms with Gasteiger partial charge in [-0.1, -0.05) is 31.1 Å². The number of methoxy groups -OCH3 is 1. The summed E-state index contributed by atoms with van der Waals surface area (Å²) in [6.45, 7) is 8.61. The average Bonchev–Trinajstić information content (AvgIpc) is 3.65. The molecule has 0 amide bonds. The van der Waals surface area contributed by atoms with Crippen molar-refractivity contribution in [3.05, 3.63) is 35.4 Å². The van der Waals surface area contributed by atoms with Gasteiger partial charge in [0.15, 0.2) is 0 Å². The van der Waals surface area contributed by atoms with E-state index in [1.165, 1.54) is 24.8 Å². The summed E-state index contributed by atoms with van der Waals surface area (Å²) in [7, 11) is 4.92. The van der Waals surface area contributed by atoms with Crippen LogP contribution in [0.1, 0.15) is 64.8 Å². The summed E-state index contributed by atoms with van der Waals surface area (Å²) in [5.74, 6) is 4.41. The Morgan fingerprint density at radius 1 is 1.27 bits per heavy atom. The Labute approximate surface area is 242 Å². The maximum absolute atomic E-state index is 13.9. The summed E-state index contributed by atoms with van der Waals surface area (Å²) in [5.41, 5.74) is 9.26. The molecule has 2 aromatic heterocycles. The second-order valence-electron chi connectivity index (χ2n) is 9.52. The van der Waals surface area contributed by atoms with E-state index in [1.807, 2.05) is 26.8 Å². The third-order valence-electron chi connectivity index (χ3n) is 6.05. The minimum atomic E-state index is -2.69. The summed E-state index contributed by atoms with van der Waals surface area (Å²) < 4.78 is 39.7. The molecule has 3 heterocycles. The highest BCUT2D eigenvalue weighted by atomic mass is 19.3. The number of hydrazine groups is 1. The number of aldehydes is 1. The molecule has 0 radical (unpaired) electrons. The van der Waals surface area contributed by atoms with Crippen LogP contribution >= 0.6 is 0 Å². The molecular formula is C28H48F2N8O3. The summed E-state index contributed by atoms with van der Waals surface area (Å²) >= 11 is 0. The summed E-state index contributed by atoms with van der Waals surface area (Å²) in [6, 6.07) is 3.56. The van der Waals surface area contributed by atoms with E-state index in [4.69, 9.17) is 21.1 Å². The van der Waals surface area contributed by atoms with Crippen LogP contribution in [0, 0.1) is 5.92 Å². The van der Waals surface area contributed by atoms with E-state index in [0.717, 1.165) is 24.2 Å². The topological polar surface area (TPSA) is 138 Å². The fourth-order valence-electron chi connectivity index (χ4n) is 4.02. The number of piperidine rings is 1. The molecule has 2 fully saturated rings. The van der Waals surface area contributed by atoms with Crippen molar-refractivity contribution in [2.75, 3.05) is 45.9 Å². The number of anilines is 1. The monoisotopic (exact) mass is 582 g/mol. The number of ether oxygens (including phenoxy) is 2. The van der Waals surface area contributed by atoms with Gasteiger partial charge in [0.25, 0.3) is 11.8 Å². The zero-order chi connectivity index (χ0) is 31.0. The van der Waals surface area contributed by atoms with Crippen molar-refractivity contribution < 1.29 is 23.0 Å². The van der Waals surface area contributed by atoms with Gasteiger partial charge in [0.2, 0.25) is 0 Å². The normalized spacial score (nSPS) is 16.0. The van der Waals surface area contributed by atoms with E-state index in [-0.39, 0.29) is 19.6 Å². The molecule has 1 saturated heterocycles. The molecule has 4 N–H and O–H groups in total. The fraction of sp³-hybridized carbons (Fsp3) is 0.643. The highest BCUT2D eigenvalue weighted by Gasteiger charge is 2.36. The lowest BCUT2D eigenvalue weighted by molar-refractivity contribution is -0.106. The number of hydrogen-bond acceptors (Lipinski definition) is 10. The van der Waals surface area contributed by atoms with Gasteiger partial charge in [0.1, 0.15) is 12.9 Å². The lowest BCUT2D eigenvalue weighted by Crippen LogP contribution is -2.43. The number of rotatable bonds is 9. The van der Waals surface area contributed by atoms with Crippen molar-refractivity contribution in [3.8, 4) is 5.88 Å². The van der Waals surface area contributed by atoms with Gasteiger partial charge in [0.05, 0.1) is 41.2 Å². The van der Waals surface area contributed by atoms with Gasteiger partial charge in [-0.25, -0.2) is 24.3 Å². The van der Waals surface area contributed by atoms with Crippen LogP contribution in [0.2, 0.25) is 0 Å². The predicted molar refractivity (Wildman–Crippen MR) is 157 cm³/mol. The molecule has 1 aliphatic carbocycles. The molecule has 11 nitrogen and oxygen atoms in total. The Balaban J connectivity index is 0.000000949. The van der Waals surface area contributed by atoms with E-state index in [1.54, 1.807) is 43.1 Å². The first-order valence-corrected chi connectivity index (χ1v) is 14.0. The minimum absolute atomic E-state index is 0.0767. The van der Waals surface area contributed by atoms with Crippen LogP contribution in [0.5, 0.6) is 5.88 Å². The molecule has 41 heavy (non-hydrogen) atoms. The van der Waals surface area contributed by atoms with Crippen molar-refractivity contribution in [1.82, 2.24) is 25.0 Å². The van der Waals surface area contributed by atoms with E-state index in [0.29, 0.717) is 48.3 Å². The quantitative estimate of drug-likeness (QED) is 0.254. The molecule has 0 unspecified atom stereocenters. The number of aromatic nitrogens is 4. The molecule has 0 bridgehead atoms. The van der Waals surface area contributed by atoms with Gasteiger partial charge >= 0.3 is 0 Å². The number of aryl methyl sites for hydroxylation is 1. The first kappa shape index (κ1) is 35.7. The maximum Gasteiger partial charge on any atom is 0.265 e. The van der Waals surface area contributed by atoms with Crippen LogP contribution in [0.25, 0.3) is 5.70 Å². The summed E-state index contributed by atoms with van der Waals surface area (Å²) in [5, 5.41) is 9.52. The van der Waals surface area contributed by atoms with Crippen LogP contribution in [-0.2, 0) is 22.5 Å². The average molecular weight is 583 g/mol. The third-order valence-corrected chi connectivity index (χ3v) is 6.05. The molecule has 232 valence electrons. The second kappa shape index (κ2) is 18.2. The van der Waals surface area contributed by atoms with Crippen LogP contribution < -0.4 is 21.2 Å². The molecule has 0 atom stereocenters. The van der Waals surface area contributed by atoms with Crippen LogP contribution in [-0.4, -0.2) is 78.2 Å². The third kappa shape index (κ3) is 12.0. The van der Waals surface area contributed by atoms with Gasteiger partial charge in [-0.3, -0.25) is 0 Å². The lowest BCUT2D eigenvalue weighted by Gasteiger charge is -2.35. The number of nitrogens with zero attached hydrogens (tertiary/aromatic N) is 6. The summed E-state index contributed by atoms with van der Waals surface area (Å²) in [4.78, 5) is 15.2. The standard InChI is InChI=1S/C22H32F2N8O.C2H6O.C2H4O.C2H6/c1-3-16-18(31-10-4-9-22(23,24)14-31)8-7-17(27-16)21(25)19(30(2)26)13-33-20-12-32(29-28-20)11-15-5-6-15;1-3-2;1-2-3;1-2/h7-8,12,15H,3-6,9-11,13-14,25-26H2,1-2H3;1-2H3;2H,1H3;1-2H3/b21-19-;;;. The molecule has 13 heteroatoms. The van der Waals surface area contributed by atoms with Gasteiger partial charge in [-0.05, 0) is 50.7 Å². The van der Waals surface area contributed by atoms with Crippen LogP contribution in [0.4, 0.5) is 14.5 Å². The molecule has 2 aliphatic rings. The van der Waals surface area contributed by atoms with Crippen molar-refractivity contribution >= 4 is 17.7 Å². The first-order chi connectivity index (χ1) is 19.6. The molecule has 1 aliphatic heterocycles. The molecule has 2 aromatic rings. The smallest absolute Gasteiger partial charge is 0.265 e. The number of hydrogen-bond donors (Lipinski definition) is 2. The zero-order valence-electron chi connectivity index (χ0n) is 25.6. The summed E-state index contributed by atoms with van der Waals surface area (Å²) in [6.07, 6.45) is 5.93. The Kier molecular flexibility index (Phi) is 15.8. The fourth-order valence-corrected chi connectivity index (χ4v) is 4.02. The van der Waals surface area contributed by atoms with Gasteiger partial charge in [0, 0.05) is 40.8 Å². The van der Waals surface area contributed by atoms with Crippen molar-refractivity contribution in [1.29, 1.82) is 0 Å². The number of carbonyl (C=O) groups is 1. The van der Waals surface area contributed by atoms with E-state index in [9.17, 15) is 8.78 Å². The number of carbonyl (C=O) groups excluding carboxylic acids is 1. The number of likely N-dealkylation sites (N-methyl/N-ethyl adjacent to an activating group) is 1. The predicted octanol–water partition coefficient (Wildman–Crippen LogP) is 3.89. The Morgan fingerprint density at radius 2 is 1.90 bits per heavy atom. The maximum atomic E-state index is 13.9. The SMILES string of the molecule is CC.CC=O.CCc1nc(/C(N)=C(\COc2cn(CC3CC3)nn2)N(C)N)ccc1N1CCCC(F)(F)C1.COC. The number of nitrogens with two attached hydrogens (primary N) is 2. The molecule has 0 aromatic carbocycles. The van der Waals surface area contributed by atoms with Gasteiger partial charge < -0.3 is 29.9 Å². The second-order valence-corrected chi connectivity index (χ2v) is 9.52. The van der Waals surface area contributed by atoms with Gasteiger partial charge in [-0.2, -0.15) is 0 Å². The first-order valence-electron chi connectivity index (χ1n) is 14.0. The van der Waals surface area contributed by atoms with Crippen molar-refractivity contribution in [3.63, 3.8) is 0 Å². The van der Waals surface area contributed by atoms with Crippen LogP contribution in [0.15, 0.2) is 24.0 Å². The molecule has 4 rings (SSSR count). The Hall–Kier alpha value is -3.32. The molecular weight excluding hydrogens is 534 g/mol. The Morgan fingerprint density at radius 3 is 2.44 bits per heavy atom. The highest BCUT2D eigenvalue weighted by molar-refractivity contribution is 5.65. The highest BCUT2D eigenvalue weighted by Crippen LogP contribution is 2.32.